The number of hydrogen-bond donors (Lipinski definition) is 2. The van der Waals surface area contributed by atoms with Crippen LogP contribution in [-0.4, -0.2) is 49.9 Å². The first kappa shape index (κ1) is 14.9. The molecule has 2 heterocycles. The van der Waals surface area contributed by atoms with Crippen LogP contribution in [-0.2, 0) is 9.47 Å². The Labute approximate surface area is 104 Å². The summed E-state index contributed by atoms with van der Waals surface area (Å²) in [5.74, 6) is 0.517. The van der Waals surface area contributed by atoms with Crippen molar-refractivity contribution in [3.8, 4) is 0 Å². The van der Waals surface area contributed by atoms with Crippen LogP contribution in [0, 0.1) is 11.3 Å². The summed E-state index contributed by atoms with van der Waals surface area (Å²) >= 11 is 0. The van der Waals surface area contributed by atoms with Gasteiger partial charge in [0, 0.05) is 39.6 Å². The van der Waals surface area contributed by atoms with Gasteiger partial charge in [-0.25, -0.2) is 0 Å². The van der Waals surface area contributed by atoms with Gasteiger partial charge in [0.25, 0.3) is 0 Å². The molecule has 0 amide bonds. The summed E-state index contributed by atoms with van der Waals surface area (Å²) in [6.45, 7) is 6.06. The zero-order chi connectivity index (χ0) is 12.6. The molecule has 2 fully saturated rings. The number of aliphatic hydroxyl groups excluding tert-OH is 2. The topological polar surface area (TPSA) is 58.9 Å². The monoisotopic (exact) mass is 246 g/mol. The molecular weight excluding hydrogens is 220 g/mol. The largest absolute Gasteiger partial charge is 0.396 e. The molecule has 2 aliphatic rings. The fourth-order valence-electron chi connectivity index (χ4n) is 1.95. The second-order valence-electron chi connectivity index (χ2n) is 5.32. The van der Waals surface area contributed by atoms with Crippen LogP contribution < -0.4 is 0 Å². The van der Waals surface area contributed by atoms with Crippen molar-refractivity contribution in [3.63, 3.8) is 0 Å². The summed E-state index contributed by atoms with van der Waals surface area (Å²) in [6.07, 6.45) is 4.08. The van der Waals surface area contributed by atoms with Crippen LogP contribution in [0.3, 0.4) is 0 Å². The molecule has 0 saturated carbocycles. The van der Waals surface area contributed by atoms with Gasteiger partial charge in [0.2, 0.25) is 0 Å². The minimum absolute atomic E-state index is 0.151. The summed E-state index contributed by atoms with van der Waals surface area (Å²) in [5, 5.41) is 17.5. The standard InChI is InChI=1S/C7H14O2.C6H12O2/c1-7(6-8)2-4-9-5-3-7;7-5-6-1-3-8-4-2-6/h8H,2-6H2,1H3;6-7H,1-5H2. The van der Waals surface area contributed by atoms with Crippen LogP contribution in [0.15, 0.2) is 0 Å². The molecule has 0 aromatic rings. The number of hydrogen-bond acceptors (Lipinski definition) is 4. The number of aliphatic hydroxyl groups is 2. The maximum absolute atomic E-state index is 8.89. The fourth-order valence-corrected chi connectivity index (χ4v) is 1.95. The lowest BCUT2D eigenvalue weighted by Crippen LogP contribution is -2.29. The summed E-state index contributed by atoms with van der Waals surface area (Å²) in [5.41, 5.74) is 0.151. The van der Waals surface area contributed by atoms with E-state index < -0.39 is 0 Å². The molecule has 2 aliphatic heterocycles. The second kappa shape index (κ2) is 8.03. The second-order valence-corrected chi connectivity index (χ2v) is 5.32. The summed E-state index contributed by atoms with van der Waals surface area (Å²) in [7, 11) is 0. The molecule has 0 aliphatic carbocycles. The molecule has 2 rings (SSSR count). The fraction of sp³-hybridized carbons (Fsp3) is 1.00. The van der Waals surface area contributed by atoms with Crippen molar-refractivity contribution in [1.82, 2.24) is 0 Å². The average Bonchev–Trinajstić information content (AvgIpc) is 2.41. The van der Waals surface area contributed by atoms with Gasteiger partial charge in [0.15, 0.2) is 0 Å². The highest BCUT2D eigenvalue weighted by atomic mass is 16.5. The maximum Gasteiger partial charge on any atom is 0.0486 e. The smallest absolute Gasteiger partial charge is 0.0486 e. The first-order chi connectivity index (χ1) is 8.20. The molecule has 0 unspecified atom stereocenters. The Morgan fingerprint density at radius 1 is 1.00 bits per heavy atom. The maximum atomic E-state index is 8.89. The lowest BCUT2D eigenvalue weighted by molar-refractivity contribution is -0.00545. The molecule has 0 spiro atoms. The van der Waals surface area contributed by atoms with Crippen molar-refractivity contribution in [1.29, 1.82) is 0 Å². The molecule has 0 bridgehead atoms. The average molecular weight is 246 g/mol. The van der Waals surface area contributed by atoms with Crippen molar-refractivity contribution in [2.75, 3.05) is 39.6 Å². The van der Waals surface area contributed by atoms with E-state index in [1.165, 1.54) is 0 Å². The van der Waals surface area contributed by atoms with Gasteiger partial charge >= 0.3 is 0 Å². The molecule has 4 heteroatoms. The Kier molecular flexibility index (Phi) is 7.04. The third kappa shape index (κ3) is 5.82. The normalized spacial score (nSPS) is 24.9. The SMILES string of the molecule is CC1(CO)CCOCC1.OCC1CCOCC1. The zero-order valence-corrected chi connectivity index (χ0v) is 10.9. The lowest BCUT2D eigenvalue weighted by Gasteiger charge is -2.31. The molecule has 2 saturated heterocycles. The number of ether oxygens (including phenoxy) is 2. The lowest BCUT2D eigenvalue weighted by atomic mass is 9.84. The van der Waals surface area contributed by atoms with E-state index in [9.17, 15) is 0 Å². The highest BCUT2D eigenvalue weighted by molar-refractivity contribution is 4.75. The van der Waals surface area contributed by atoms with E-state index in [1.807, 2.05) is 0 Å². The zero-order valence-electron chi connectivity index (χ0n) is 10.9. The predicted molar refractivity (Wildman–Crippen MR) is 65.9 cm³/mol. The van der Waals surface area contributed by atoms with E-state index in [1.54, 1.807) is 0 Å². The van der Waals surface area contributed by atoms with Gasteiger partial charge in [-0.2, -0.15) is 0 Å². The Bertz CT molecular complexity index is 184. The Hall–Kier alpha value is -0.160. The Morgan fingerprint density at radius 2 is 1.53 bits per heavy atom. The minimum atomic E-state index is 0.151. The van der Waals surface area contributed by atoms with Gasteiger partial charge in [0.05, 0.1) is 0 Å². The Balaban J connectivity index is 0.000000171. The van der Waals surface area contributed by atoms with Gasteiger partial charge in [-0.15, -0.1) is 0 Å². The van der Waals surface area contributed by atoms with Crippen molar-refractivity contribution in [2.45, 2.75) is 32.6 Å². The molecule has 0 aromatic heterocycles. The van der Waals surface area contributed by atoms with Gasteiger partial charge in [0.1, 0.15) is 0 Å². The van der Waals surface area contributed by atoms with Crippen LogP contribution in [0.5, 0.6) is 0 Å². The molecule has 0 aromatic carbocycles. The van der Waals surface area contributed by atoms with Crippen molar-refractivity contribution in [3.05, 3.63) is 0 Å². The molecule has 102 valence electrons. The highest BCUT2D eigenvalue weighted by Crippen LogP contribution is 2.28. The molecule has 4 nitrogen and oxygen atoms in total. The van der Waals surface area contributed by atoms with Gasteiger partial charge in [-0.3, -0.25) is 0 Å². The molecule has 0 atom stereocenters. The van der Waals surface area contributed by atoms with Gasteiger partial charge in [-0.1, -0.05) is 6.92 Å². The van der Waals surface area contributed by atoms with Crippen LogP contribution >= 0.6 is 0 Å². The summed E-state index contributed by atoms with van der Waals surface area (Å²) in [6, 6.07) is 0. The van der Waals surface area contributed by atoms with Crippen LogP contribution in [0.4, 0.5) is 0 Å². The predicted octanol–water partition coefficient (Wildman–Crippen LogP) is 1.20. The molecular formula is C13H26O4. The Morgan fingerprint density at radius 3 is 1.88 bits per heavy atom. The first-order valence-corrected chi connectivity index (χ1v) is 6.57. The molecule has 0 radical (unpaired) electrons. The van der Waals surface area contributed by atoms with E-state index in [2.05, 4.69) is 6.92 Å². The van der Waals surface area contributed by atoms with Gasteiger partial charge in [-0.05, 0) is 37.0 Å². The molecule has 17 heavy (non-hydrogen) atoms. The van der Waals surface area contributed by atoms with Crippen molar-refractivity contribution < 1.29 is 19.7 Å². The van der Waals surface area contributed by atoms with Crippen molar-refractivity contribution in [2.24, 2.45) is 11.3 Å². The number of rotatable bonds is 2. The van der Waals surface area contributed by atoms with Crippen LogP contribution in [0.2, 0.25) is 0 Å². The van der Waals surface area contributed by atoms with Gasteiger partial charge < -0.3 is 19.7 Å². The van der Waals surface area contributed by atoms with E-state index in [-0.39, 0.29) is 5.41 Å². The molecule has 2 N–H and O–H groups in total. The van der Waals surface area contributed by atoms with E-state index in [0.29, 0.717) is 19.1 Å². The van der Waals surface area contributed by atoms with Crippen LogP contribution in [0.1, 0.15) is 32.6 Å². The third-order valence-electron chi connectivity index (χ3n) is 3.68. The van der Waals surface area contributed by atoms with Crippen molar-refractivity contribution >= 4 is 0 Å². The third-order valence-corrected chi connectivity index (χ3v) is 3.68. The summed E-state index contributed by atoms with van der Waals surface area (Å²) < 4.78 is 10.2. The van der Waals surface area contributed by atoms with Crippen LogP contribution in [0.25, 0.3) is 0 Å². The van der Waals surface area contributed by atoms with E-state index >= 15 is 0 Å². The minimum Gasteiger partial charge on any atom is -0.396 e. The quantitative estimate of drug-likeness (QED) is 0.768. The first-order valence-electron chi connectivity index (χ1n) is 6.57. The summed E-state index contributed by atoms with van der Waals surface area (Å²) in [4.78, 5) is 0. The highest BCUT2D eigenvalue weighted by Gasteiger charge is 2.25. The van der Waals surface area contributed by atoms with E-state index in [0.717, 1.165) is 52.1 Å². The van der Waals surface area contributed by atoms with E-state index in [4.69, 9.17) is 19.7 Å².